The largest absolute Gasteiger partial charge is 0.252 e. The lowest BCUT2D eigenvalue weighted by Gasteiger charge is -2.19. The van der Waals surface area contributed by atoms with Crippen LogP contribution < -0.4 is 0 Å². The summed E-state index contributed by atoms with van der Waals surface area (Å²) in [6, 6.07) is 4.69. The number of unbranched alkanes of at least 4 members (excludes halogenated alkanes) is 4. The molecule has 0 bridgehead atoms. The van der Waals surface area contributed by atoms with Gasteiger partial charge in [-0.1, -0.05) is 89.4 Å². The second-order valence-corrected chi connectivity index (χ2v) is 12.5. The molecular formula is C18H39F3Si2. The van der Waals surface area contributed by atoms with E-state index in [2.05, 4.69) is 13.8 Å². The van der Waals surface area contributed by atoms with Gasteiger partial charge >= 0.3 is 0 Å². The first-order chi connectivity index (χ1) is 11.1. The molecule has 0 rings (SSSR count). The fourth-order valence-corrected chi connectivity index (χ4v) is 8.48. The Labute approximate surface area is 146 Å². The summed E-state index contributed by atoms with van der Waals surface area (Å²) in [6.45, 7) is 4.40. The van der Waals surface area contributed by atoms with Crippen LogP contribution in [-0.2, 0) is 0 Å². The second-order valence-electron chi connectivity index (χ2n) is 7.00. The van der Waals surface area contributed by atoms with Gasteiger partial charge in [-0.25, -0.2) is 8.78 Å². The third-order valence-corrected chi connectivity index (χ3v) is 10.4. The summed E-state index contributed by atoms with van der Waals surface area (Å²) < 4.78 is 38.4. The molecule has 0 aliphatic heterocycles. The van der Waals surface area contributed by atoms with E-state index in [1.165, 1.54) is 50.2 Å². The summed E-state index contributed by atoms with van der Waals surface area (Å²) >= 11 is 0. The van der Waals surface area contributed by atoms with E-state index in [1.807, 2.05) is 0 Å². The predicted molar refractivity (Wildman–Crippen MR) is 103 cm³/mol. The predicted octanol–water partition coefficient (Wildman–Crippen LogP) is 6.30. The van der Waals surface area contributed by atoms with Crippen LogP contribution in [0.15, 0.2) is 0 Å². The van der Waals surface area contributed by atoms with Gasteiger partial charge in [-0.05, 0) is 6.42 Å². The van der Waals surface area contributed by atoms with E-state index >= 15 is 0 Å². The number of hydrogen-bond acceptors (Lipinski definition) is 0. The highest BCUT2D eigenvalue weighted by molar-refractivity contribution is 6.60. The Hall–Kier alpha value is 0.224. The van der Waals surface area contributed by atoms with Crippen LogP contribution in [0.4, 0.5) is 13.2 Å². The Morgan fingerprint density at radius 2 is 1.35 bits per heavy atom. The van der Waals surface area contributed by atoms with Crippen LogP contribution in [-0.4, -0.2) is 30.5 Å². The van der Waals surface area contributed by atoms with E-state index in [0.717, 1.165) is 25.3 Å². The molecule has 23 heavy (non-hydrogen) atoms. The first-order valence-electron chi connectivity index (χ1n) is 10.0. The number of rotatable bonds is 17. The van der Waals surface area contributed by atoms with Gasteiger partial charge in [0.05, 0.1) is 14.6 Å². The van der Waals surface area contributed by atoms with Crippen molar-refractivity contribution in [2.24, 2.45) is 0 Å². The molecular weight excluding hydrogens is 329 g/mol. The van der Waals surface area contributed by atoms with Crippen molar-refractivity contribution < 1.29 is 13.2 Å². The average molecular weight is 369 g/mol. The first kappa shape index (κ1) is 23.2. The molecule has 0 heterocycles. The van der Waals surface area contributed by atoms with Gasteiger partial charge < -0.3 is 0 Å². The molecule has 0 aliphatic carbocycles. The highest BCUT2D eigenvalue weighted by Crippen LogP contribution is 2.20. The molecule has 0 radical (unpaired) electrons. The monoisotopic (exact) mass is 368 g/mol. The van der Waals surface area contributed by atoms with E-state index in [4.69, 9.17) is 0 Å². The maximum atomic E-state index is 14.5. The maximum absolute atomic E-state index is 14.5. The molecule has 1 atom stereocenters. The van der Waals surface area contributed by atoms with Crippen LogP contribution in [0.5, 0.6) is 0 Å². The minimum absolute atomic E-state index is 0.0814. The quantitative estimate of drug-likeness (QED) is 0.209. The van der Waals surface area contributed by atoms with Crippen LogP contribution in [0, 0.1) is 0 Å². The van der Waals surface area contributed by atoms with Gasteiger partial charge in [0.15, 0.2) is 0 Å². The summed E-state index contributed by atoms with van der Waals surface area (Å²) in [7, 11) is -1.31. The SMILES string of the molecule is CCCC[SiH](CCCC)C(F)CCCCC[SiH2]CCCC(F)F. The van der Waals surface area contributed by atoms with Crippen molar-refractivity contribution in [2.45, 2.75) is 114 Å². The van der Waals surface area contributed by atoms with Crippen molar-refractivity contribution >= 4 is 18.3 Å². The lowest BCUT2D eigenvalue weighted by molar-refractivity contribution is 0.136. The van der Waals surface area contributed by atoms with E-state index in [9.17, 15) is 13.2 Å². The Bertz CT molecular complexity index is 232. The van der Waals surface area contributed by atoms with Crippen molar-refractivity contribution in [1.29, 1.82) is 0 Å². The zero-order valence-electron chi connectivity index (χ0n) is 15.5. The molecule has 0 saturated heterocycles. The molecule has 0 saturated carbocycles. The highest BCUT2D eigenvalue weighted by atomic mass is 28.3. The summed E-state index contributed by atoms with van der Waals surface area (Å²) in [6.07, 6.45) is 7.65. The molecule has 1 unspecified atom stereocenters. The van der Waals surface area contributed by atoms with Crippen LogP contribution in [0.3, 0.4) is 0 Å². The summed E-state index contributed by atoms with van der Waals surface area (Å²) in [5, 5.41) is 0. The Morgan fingerprint density at radius 1 is 0.739 bits per heavy atom. The normalized spacial score (nSPS) is 13.7. The second kappa shape index (κ2) is 17.1. The molecule has 0 aromatic carbocycles. The van der Waals surface area contributed by atoms with Gasteiger partial charge in [0.2, 0.25) is 6.43 Å². The summed E-state index contributed by atoms with van der Waals surface area (Å²) in [4.78, 5) is 0. The van der Waals surface area contributed by atoms with Crippen molar-refractivity contribution in [3.8, 4) is 0 Å². The number of alkyl halides is 3. The van der Waals surface area contributed by atoms with Gasteiger partial charge in [0, 0.05) is 15.9 Å². The van der Waals surface area contributed by atoms with E-state index in [1.54, 1.807) is 0 Å². The van der Waals surface area contributed by atoms with Crippen molar-refractivity contribution in [2.75, 3.05) is 0 Å². The molecule has 0 aromatic rings. The standard InChI is InChI=1S/C18H39F3Si2/c1-3-5-15-23(16-6-4-2)18(21)12-8-7-9-13-22-14-10-11-17(19)20/h17-18,23H,3-16,22H2,1-2H3. The van der Waals surface area contributed by atoms with Crippen molar-refractivity contribution in [1.82, 2.24) is 0 Å². The van der Waals surface area contributed by atoms with Crippen LogP contribution in [0.25, 0.3) is 0 Å². The zero-order chi connectivity index (χ0) is 17.3. The maximum Gasteiger partial charge on any atom is 0.238 e. The van der Waals surface area contributed by atoms with Gasteiger partial charge in [-0.15, -0.1) is 0 Å². The minimum atomic E-state index is -2.12. The average Bonchev–Trinajstić information content (AvgIpc) is 2.53. The third kappa shape index (κ3) is 15.5. The topological polar surface area (TPSA) is 0 Å². The molecule has 0 fully saturated rings. The fraction of sp³-hybridized carbons (Fsp3) is 1.00. The molecule has 140 valence electrons. The molecule has 0 aromatic heterocycles. The Morgan fingerprint density at radius 3 is 1.91 bits per heavy atom. The molecule has 0 aliphatic rings. The van der Waals surface area contributed by atoms with Gasteiger partial charge in [0.25, 0.3) is 0 Å². The van der Waals surface area contributed by atoms with Crippen molar-refractivity contribution in [3.63, 3.8) is 0 Å². The highest BCUT2D eigenvalue weighted by Gasteiger charge is 2.21. The van der Waals surface area contributed by atoms with Gasteiger partial charge in [-0.2, -0.15) is 0 Å². The smallest absolute Gasteiger partial charge is 0.238 e. The minimum Gasteiger partial charge on any atom is -0.252 e. The van der Waals surface area contributed by atoms with E-state index in [0.29, 0.717) is 6.42 Å². The van der Waals surface area contributed by atoms with Crippen LogP contribution in [0.1, 0.15) is 78.1 Å². The lowest BCUT2D eigenvalue weighted by atomic mass is 10.2. The van der Waals surface area contributed by atoms with Crippen LogP contribution in [0.2, 0.25) is 24.2 Å². The Kier molecular flexibility index (Phi) is 17.2. The van der Waals surface area contributed by atoms with Gasteiger partial charge in [0.1, 0.15) is 0 Å². The van der Waals surface area contributed by atoms with E-state index in [-0.39, 0.29) is 15.9 Å². The summed E-state index contributed by atoms with van der Waals surface area (Å²) in [5.41, 5.74) is 0. The van der Waals surface area contributed by atoms with E-state index < -0.39 is 21.0 Å². The molecule has 0 spiro atoms. The van der Waals surface area contributed by atoms with Gasteiger partial charge in [-0.3, -0.25) is 4.39 Å². The Balaban J connectivity index is 3.59. The zero-order valence-corrected chi connectivity index (χ0v) is 18.0. The fourth-order valence-electron chi connectivity index (χ4n) is 3.20. The van der Waals surface area contributed by atoms with Crippen molar-refractivity contribution in [3.05, 3.63) is 0 Å². The third-order valence-electron chi connectivity index (χ3n) is 4.77. The first-order valence-corrected chi connectivity index (χ1v) is 14.3. The molecule has 0 N–H and O–H groups in total. The molecule has 0 amide bonds. The molecule has 0 nitrogen and oxygen atoms in total. The number of hydrogen-bond donors (Lipinski definition) is 0. The summed E-state index contributed by atoms with van der Waals surface area (Å²) in [5.74, 6) is -0.476. The number of halogens is 3. The van der Waals surface area contributed by atoms with Crippen LogP contribution >= 0.6 is 0 Å². The lowest BCUT2D eigenvalue weighted by Crippen LogP contribution is -2.27. The molecule has 5 heteroatoms.